The maximum absolute atomic E-state index is 12.6. The van der Waals surface area contributed by atoms with Crippen LogP contribution in [0.25, 0.3) is 0 Å². The Hall–Kier alpha value is -0.900. The predicted octanol–water partition coefficient (Wildman–Crippen LogP) is 6.08. The molecular weight excluding hydrogens is 347 g/mol. The maximum Gasteiger partial charge on any atom is 0.339 e. The normalized spacial score (nSPS) is 12.1. The molecule has 1 unspecified atom stereocenters. The summed E-state index contributed by atoms with van der Waals surface area (Å²) in [6, 6.07) is 7.28. The van der Waals surface area contributed by atoms with E-state index in [2.05, 4.69) is 15.9 Å². The van der Waals surface area contributed by atoms with E-state index in [9.17, 15) is 9.18 Å². The van der Waals surface area contributed by atoms with Gasteiger partial charge in [0.1, 0.15) is 0 Å². The molecule has 0 N–H and O–H groups in total. The van der Waals surface area contributed by atoms with Gasteiger partial charge in [-0.2, -0.15) is 0 Å². The summed E-state index contributed by atoms with van der Waals surface area (Å²) < 4.78 is 18.6. The third kappa shape index (κ3) is 8.52. The Balaban J connectivity index is 1.98. The minimum Gasteiger partial charge on any atom is -0.462 e. The number of unbranched alkanes of at least 4 members (excludes halogenated alkanes) is 6. The Kier molecular flexibility index (Phi) is 10.1. The predicted molar refractivity (Wildman–Crippen MR) is 91.9 cm³/mol. The van der Waals surface area contributed by atoms with E-state index in [4.69, 9.17) is 4.74 Å². The summed E-state index contributed by atoms with van der Waals surface area (Å²) in [4.78, 5) is 11.8. The molecule has 0 bridgehead atoms. The second-order valence-corrected chi connectivity index (χ2v) is 6.51. The minimum atomic E-state index is -0.667. The molecule has 0 aliphatic heterocycles. The highest BCUT2D eigenvalue weighted by molar-refractivity contribution is 9.10. The molecule has 0 saturated heterocycles. The number of carbonyl (C=O) groups is 1. The molecule has 1 atom stereocenters. The summed E-state index contributed by atoms with van der Waals surface area (Å²) in [6.45, 7) is 2.09. The number of rotatable bonds is 11. The lowest BCUT2D eigenvalue weighted by Gasteiger charge is -2.06. The molecule has 124 valence electrons. The summed E-state index contributed by atoms with van der Waals surface area (Å²) in [7, 11) is 0. The lowest BCUT2D eigenvalue weighted by Crippen LogP contribution is -2.07. The van der Waals surface area contributed by atoms with Crippen molar-refractivity contribution in [1.82, 2.24) is 0 Å². The summed E-state index contributed by atoms with van der Waals surface area (Å²) in [5, 5.41) is 0. The van der Waals surface area contributed by atoms with Crippen molar-refractivity contribution in [2.75, 3.05) is 6.61 Å². The molecule has 0 saturated carbocycles. The first-order valence-electron chi connectivity index (χ1n) is 8.17. The smallest absolute Gasteiger partial charge is 0.339 e. The highest BCUT2D eigenvalue weighted by Crippen LogP contribution is 2.17. The van der Waals surface area contributed by atoms with Crippen LogP contribution in [0.1, 0.15) is 68.6 Å². The number of halogens is 2. The molecule has 1 rings (SSSR count). The van der Waals surface area contributed by atoms with Gasteiger partial charge in [0.05, 0.1) is 18.3 Å². The van der Waals surface area contributed by atoms with E-state index in [-0.39, 0.29) is 5.97 Å². The van der Waals surface area contributed by atoms with Gasteiger partial charge in [-0.15, -0.1) is 0 Å². The number of hydrogen-bond donors (Lipinski definition) is 0. The Morgan fingerprint density at radius 3 is 2.32 bits per heavy atom. The van der Waals surface area contributed by atoms with Crippen LogP contribution in [0.3, 0.4) is 0 Å². The Labute approximate surface area is 141 Å². The van der Waals surface area contributed by atoms with Gasteiger partial charge in [-0.05, 0) is 47.8 Å². The van der Waals surface area contributed by atoms with Crippen molar-refractivity contribution in [3.05, 3.63) is 34.3 Å². The fourth-order valence-electron chi connectivity index (χ4n) is 2.28. The van der Waals surface area contributed by atoms with Crippen molar-refractivity contribution < 1.29 is 13.9 Å². The van der Waals surface area contributed by atoms with Gasteiger partial charge in [-0.3, -0.25) is 0 Å². The zero-order valence-electron chi connectivity index (χ0n) is 13.3. The molecule has 1 aromatic rings. The van der Waals surface area contributed by atoms with E-state index >= 15 is 0 Å². The largest absolute Gasteiger partial charge is 0.462 e. The van der Waals surface area contributed by atoms with Crippen molar-refractivity contribution >= 4 is 21.9 Å². The van der Waals surface area contributed by atoms with Gasteiger partial charge in [0.2, 0.25) is 0 Å². The Bertz CT molecular complexity index is 435. The summed E-state index contributed by atoms with van der Waals surface area (Å²) in [5.74, 6) is -0.271. The van der Waals surface area contributed by atoms with Crippen molar-refractivity contribution in [2.24, 2.45) is 0 Å². The fourth-order valence-corrected chi connectivity index (χ4v) is 2.73. The van der Waals surface area contributed by atoms with E-state index in [0.29, 0.717) is 18.6 Å². The second kappa shape index (κ2) is 11.6. The number of alkyl halides is 1. The Morgan fingerprint density at radius 1 is 1.09 bits per heavy atom. The molecule has 0 aliphatic rings. The fraction of sp³-hybridized carbons (Fsp3) is 0.611. The van der Waals surface area contributed by atoms with E-state index in [1.165, 1.54) is 12.8 Å². The number of ether oxygens (including phenoxy) is 1. The monoisotopic (exact) mass is 372 g/mol. The lowest BCUT2D eigenvalue weighted by atomic mass is 10.1. The van der Waals surface area contributed by atoms with Crippen LogP contribution in [0, 0.1) is 0 Å². The van der Waals surface area contributed by atoms with E-state index in [1.54, 1.807) is 13.0 Å². The number of hydrogen-bond acceptors (Lipinski definition) is 2. The van der Waals surface area contributed by atoms with Crippen LogP contribution >= 0.6 is 15.9 Å². The van der Waals surface area contributed by atoms with E-state index < -0.39 is 6.17 Å². The van der Waals surface area contributed by atoms with Crippen LogP contribution in [0.5, 0.6) is 0 Å². The molecule has 0 aromatic heterocycles. The molecule has 0 spiro atoms. The average molecular weight is 373 g/mol. The van der Waals surface area contributed by atoms with Gasteiger partial charge in [0.25, 0.3) is 0 Å². The van der Waals surface area contributed by atoms with Crippen molar-refractivity contribution in [1.29, 1.82) is 0 Å². The maximum atomic E-state index is 12.6. The molecule has 0 fully saturated rings. The van der Waals surface area contributed by atoms with E-state index in [0.717, 1.165) is 36.6 Å². The van der Waals surface area contributed by atoms with Crippen LogP contribution in [0.2, 0.25) is 0 Å². The number of benzene rings is 1. The SMILES string of the molecule is CC(F)CCCCCCCCCOC(=O)c1ccccc1Br. The summed E-state index contributed by atoms with van der Waals surface area (Å²) in [5.41, 5.74) is 0.574. The molecule has 0 amide bonds. The summed E-state index contributed by atoms with van der Waals surface area (Å²) in [6.07, 6.45) is 7.59. The van der Waals surface area contributed by atoms with Crippen LogP contribution in [0.4, 0.5) is 4.39 Å². The molecule has 4 heteroatoms. The number of carbonyl (C=O) groups excluding carboxylic acids is 1. The third-order valence-corrected chi connectivity index (χ3v) is 4.26. The molecule has 0 radical (unpaired) electrons. The first-order chi connectivity index (χ1) is 10.6. The van der Waals surface area contributed by atoms with Gasteiger partial charge >= 0.3 is 5.97 Å². The van der Waals surface area contributed by atoms with Gasteiger partial charge in [-0.1, -0.05) is 50.7 Å². The standard InChI is InChI=1S/C18H26BrFO2/c1-15(20)11-7-5-3-2-4-6-10-14-22-18(21)16-12-8-9-13-17(16)19/h8-9,12-13,15H,2-7,10-11,14H2,1H3. The van der Waals surface area contributed by atoms with Gasteiger partial charge in [-0.25, -0.2) is 9.18 Å². The third-order valence-electron chi connectivity index (χ3n) is 3.57. The van der Waals surface area contributed by atoms with Crippen molar-refractivity contribution in [3.63, 3.8) is 0 Å². The minimum absolute atomic E-state index is 0.271. The van der Waals surface area contributed by atoms with Gasteiger partial charge in [0, 0.05) is 4.47 Å². The molecule has 0 aliphatic carbocycles. The van der Waals surface area contributed by atoms with Crippen LogP contribution in [-0.2, 0) is 4.74 Å². The van der Waals surface area contributed by atoms with Crippen LogP contribution < -0.4 is 0 Å². The highest BCUT2D eigenvalue weighted by Gasteiger charge is 2.09. The van der Waals surface area contributed by atoms with Crippen molar-refractivity contribution in [3.8, 4) is 0 Å². The first-order valence-corrected chi connectivity index (χ1v) is 8.96. The van der Waals surface area contributed by atoms with Crippen molar-refractivity contribution in [2.45, 2.75) is 64.5 Å². The van der Waals surface area contributed by atoms with Gasteiger partial charge in [0.15, 0.2) is 0 Å². The second-order valence-electron chi connectivity index (χ2n) is 5.66. The number of esters is 1. The molecule has 22 heavy (non-hydrogen) atoms. The first kappa shape index (κ1) is 19.1. The average Bonchev–Trinajstić information content (AvgIpc) is 2.49. The topological polar surface area (TPSA) is 26.3 Å². The summed E-state index contributed by atoms with van der Waals surface area (Å²) >= 11 is 3.35. The van der Waals surface area contributed by atoms with Crippen LogP contribution in [-0.4, -0.2) is 18.7 Å². The zero-order chi connectivity index (χ0) is 16.2. The molecule has 1 aromatic carbocycles. The van der Waals surface area contributed by atoms with Crippen LogP contribution in [0.15, 0.2) is 28.7 Å². The lowest BCUT2D eigenvalue weighted by molar-refractivity contribution is 0.0496. The van der Waals surface area contributed by atoms with E-state index in [1.807, 2.05) is 18.2 Å². The Morgan fingerprint density at radius 2 is 1.68 bits per heavy atom. The molecular formula is C18H26BrFO2. The molecule has 0 heterocycles. The zero-order valence-corrected chi connectivity index (χ0v) is 14.9. The molecule has 2 nitrogen and oxygen atoms in total. The highest BCUT2D eigenvalue weighted by atomic mass is 79.9. The van der Waals surface area contributed by atoms with Gasteiger partial charge < -0.3 is 4.74 Å². The quantitative estimate of drug-likeness (QED) is 0.347.